The molecule has 1 fully saturated rings. The summed E-state index contributed by atoms with van der Waals surface area (Å²) in [6.45, 7) is 2.43. The van der Waals surface area contributed by atoms with E-state index < -0.39 is 12.1 Å². The summed E-state index contributed by atoms with van der Waals surface area (Å²) in [5, 5.41) is 25.1. The molecule has 0 saturated carbocycles. The number of carboxylic acids is 1. The Morgan fingerprint density at radius 3 is 2.35 bits per heavy atom. The van der Waals surface area contributed by atoms with Gasteiger partial charge >= 0.3 is 5.97 Å². The first-order valence-electron chi connectivity index (χ1n) is 11.3. The van der Waals surface area contributed by atoms with Crippen molar-refractivity contribution in [3.63, 3.8) is 0 Å². The third kappa shape index (κ3) is 5.33. The number of ether oxygens (including phenoxy) is 2. The third-order valence-electron chi connectivity index (χ3n) is 6.20. The Bertz CT molecular complexity index is 1070. The number of carboxylic acid groups (broad SMARTS) is 1. The number of hydrogen-bond acceptors (Lipinski definition) is 5. The summed E-state index contributed by atoms with van der Waals surface area (Å²) in [7, 11) is 0. The van der Waals surface area contributed by atoms with Gasteiger partial charge in [0.2, 0.25) is 6.10 Å². The van der Waals surface area contributed by atoms with Gasteiger partial charge in [0.05, 0.1) is 6.54 Å². The Morgan fingerprint density at radius 2 is 1.71 bits per heavy atom. The molecule has 1 saturated heterocycles. The molecule has 4 rings (SSSR count). The van der Waals surface area contributed by atoms with Crippen molar-refractivity contribution in [2.45, 2.75) is 38.0 Å². The number of aliphatic carboxylic acids is 1. The topological polar surface area (TPSA) is 162 Å². The largest absolute Gasteiger partial charge is 0.489 e. The van der Waals surface area contributed by atoms with E-state index in [2.05, 4.69) is 0 Å². The maximum Gasteiger partial charge on any atom is 0.349 e. The number of nitrogens with two attached hydrogens (primary N) is 2. The lowest BCUT2D eigenvalue weighted by atomic mass is 10.0. The van der Waals surface area contributed by atoms with Crippen LogP contribution in [0.5, 0.6) is 11.5 Å². The molecule has 10 heteroatoms. The smallest absolute Gasteiger partial charge is 0.349 e. The van der Waals surface area contributed by atoms with Crippen LogP contribution < -0.4 is 20.9 Å². The first-order chi connectivity index (χ1) is 16.3. The van der Waals surface area contributed by atoms with Gasteiger partial charge in [0, 0.05) is 31.6 Å². The van der Waals surface area contributed by atoms with Crippen LogP contribution in [0.1, 0.15) is 35.6 Å². The molecular weight excluding hydrogens is 436 g/mol. The molecule has 2 atom stereocenters. The van der Waals surface area contributed by atoms with Crippen LogP contribution in [0.15, 0.2) is 42.5 Å². The van der Waals surface area contributed by atoms with Gasteiger partial charge in [0.15, 0.2) is 11.9 Å². The number of nitrogens with zero attached hydrogens (tertiary/aromatic N) is 2. The molecule has 0 aliphatic carbocycles. The van der Waals surface area contributed by atoms with E-state index in [1.165, 1.54) is 0 Å². The highest BCUT2D eigenvalue weighted by Gasteiger charge is 2.26. The van der Waals surface area contributed by atoms with Crippen LogP contribution in [-0.4, -0.2) is 58.5 Å². The highest BCUT2D eigenvalue weighted by Crippen LogP contribution is 2.29. The van der Waals surface area contributed by atoms with Crippen molar-refractivity contribution >= 4 is 17.9 Å². The Labute approximate surface area is 198 Å². The second-order valence-corrected chi connectivity index (χ2v) is 8.61. The van der Waals surface area contributed by atoms with Gasteiger partial charge < -0.3 is 35.8 Å². The standard InChI is InChI=1S/C24H30N6O4/c25-23(26)29-10-1-2-15-3-8-19(12-17(15)13-29)34-21(22(31)32)16-4-6-18(7-5-16)33-20-9-11-30(14-20)24(27)28/h3-8,12,20-21H,1-2,9-11,13-14H2,(H3,25,26)(H3,27,28)(H,31,32). The summed E-state index contributed by atoms with van der Waals surface area (Å²) in [4.78, 5) is 15.6. The van der Waals surface area contributed by atoms with Crippen LogP contribution in [-0.2, 0) is 17.8 Å². The number of hydrogen-bond donors (Lipinski definition) is 5. The van der Waals surface area contributed by atoms with E-state index in [9.17, 15) is 9.90 Å². The summed E-state index contributed by atoms with van der Waals surface area (Å²) in [6, 6.07) is 12.4. The predicted molar refractivity (Wildman–Crippen MR) is 127 cm³/mol. The summed E-state index contributed by atoms with van der Waals surface area (Å²) in [5.41, 5.74) is 13.8. The van der Waals surface area contributed by atoms with Gasteiger partial charge in [-0.2, -0.15) is 0 Å². The molecule has 0 spiro atoms. The molecule has 2 aromatic carbocycles. The van der Waals surface area contributed by atoms with Crippen LogP contribution in [0.25, 0.3) is 0 Å². The number of fused-ring (bicyclic) bond motifs is 1. The van der Waals surface area contributed by atoms with Gasteiger partial charge in [-0.1, -0.05) is 18.2 Å². The fraction of sp³-hybridized carbons (Fsp3) is 0.375. The maximum atomic E-state index is 12.0. The number of aryl methyl sites for hydroxylation is 1. The van der Waals surface area contributed by atoms with Gasteiger partial charge in [0.1, 0.15) is 17.6 Å². The van der Waals surface area contributed by atoms with Crippen LogP contribution in [0.2, 0.25) is 0 Å². The predicted octanol–water partition coefficient (Wildman–Crippen LogP) is 1.88. The number of carbonyl (C=O) groups is 1. The van der Waals surface area contributed by atoms with Crippen LogP contribution in [0.3, 0.4) is 0 Å². The zero-order chi connectivity index (χ0) is 24.2. The Kier molecular flexibility index (Phi) is 6.76. The molecule has 34 heavy (non-hydrogen) atoms. The molecule has 2 aliphatic rings. The molecule has 2 heterocycles. The van der Waals surface area contributed by atoms with Crippen molar-refractivity contribution in [3.05, 3.63) is 59.2 Å². The minimum Gasteiger partial charge on any atom is -0.489 e. The molecule has 7 N–H and O–H groups in total. The molecule has 0 radical (unpaired) electrons. The molecule has 10 nitrogen and oxygen atoms in total. The van der Waals surface area contributed by atoms with E-state index in [0.717, 1.165) is 30.4 Å². The van der Waals surface area contributed by atoms with Gasteiger partial charge in [-0.25, -0.2) is 4.79 Å². The first kappa shape index (κ1) is 23.2. The molecule has 2 unspecified atom stereocenters. The molecule has 0 amide bonds. The quantitative estimate of drug-likeness (QED) is 0.318. The summed E-state index contributed by atoms with van der Waals surface area (Å²) < 4.78 is 11.8. The van der Waals surface area contributed by atoms with Crippen molar-refractivity contribution in [2.24, 2.45) is 11.5 Å². The minimum atomic E-state index is -1.18. The number of rotatable bonds is 6. The normalized spacial score (nSPS) is 18.5. The average Bonchev–Trinajstić information content (AvgIpc) is 3.16. The molecule has 2 aliphatic heterocycles. The van der Waals surface area contributed by atoms with Gasteiger partial charge in [0.25, 0.3) is 0 Å². The van der Waals surface area contributed by atoms with E-state index in [0.29, 0.717) is 43.2 Å². The highest BCUT2D eigenvalue weighted by atomic mass is 16.5. The maximum absolute atomic E-state index is 12.0. The second-order valence-electron chi connectivity index (χ2n) is 8.61. The van der Waals surface area contributed by atoms with Crippen molar-refractivity contribution < 1.29 is 19.4 Å². The zero-order valence-electron chi connectivity index (χ0n) is 18.9. The molecule has 0 aromatic heterocycles. The number of likely N-dealkylation sites (tertiary alicyclic amines) is 1. The minimum absolute atomic E-state index is 0.0245. The van der Waals surface area contributed by atoms with E-state index in [4.69, 9.17) is 31.8 Å². The van der Waals surface area contributed by atoms with Crippen LogP contribution in [0.4, 0.5) is 0 Å². The average molecular weight is 467 g/mol. The molecule has 180 valence electrons. The molecular formula is C24H30N6O4. The number of guanidine groups is 2. The third-order valence-corrected chi connectivity index (χ3v) is 6.20. The fourth-order valence-electron chi connectivity index (χ4n) is 4.37. The first-order valence-corrected chi connectivity index (χ1v) is 11.3. The lowest BCUT2D eigenvalue weighted by Gasteiger charge is -2.21. The lowest BCUT2D eigenvalue weighted by molar-refractivity contribution is -0.145. The van der Waals surface area contributed by atoms with Crippen molar-refractivity contribution in [3.8, 4) is 11.5 Å². The van der Waals surface area contributed by atoms with E-state index in [1.54, 1.807) is 40.1 Å². The second kappa shape index (κ2) is 9.90. The van der Waals surface area contributed by atoms with E-state index in [1.807, 2.05) is 12.1 Å². The Morgan fingerprint density at radius 1 is 1.00 bits per heavy atom. The zero-order valence-corrected chi connectivity index (χ0v) is 18.9. The monoisotopic (exact) mass is 466 g/mol. The number of benzene rings is 2. The number of nitrogens with one attached hydrogen (secondary N) is 2. The molecule has 0 bridgehead atoms. The Balaban J connectivity index is 1.45. The van der Waals surface area contributed by atoms with Gasteiger partial charge in [-0.15, -0.1) is 0 Å². The SMILES string of the molecule is N=C(N)N1CCCc2ccc(OC(C(=O)O)c3ccc(OC4CCN(C(=N)N)C4)cc3)cc2C1. The lowest BCUT2D eigenvalue weighted by Crippen LogP contribution is -2.35. The summed E-state index contributed by atoms with van der Waals surface area (Å²) in [5.74, 6) is 0.0397. The van der Waals surface area contributed by atoms with Crippen molar-refractivity contribution in [1.82, 2.24) is 9.80 Å². The Hall–Kier alpha value is -3.95. The van der Waals surface area contributed by atoms with Crippen molar-refractivity contribution in [2.75, 3.05) is 19.6 Å². The van der Waals surface area contributed by atoms with E-state index >= 15 is 0 Å². The fourth-order valence-corrected chi connectivity index (χ4v) is 4.37. The molecule has 2 aromatic rings. The van der Waals surface area contributed by atoms with E-state index in [-0.39, 0.29) is 18.0 Å². The van der Waals surface area contributed by atoms with Crippen LogP contribution >= 0.6 is 0 Å². The van der Waals surface area contributed by atoms with Gasteiger partial charge in [-0.05, 0) is 48.2 Å². The highest BCUT2D eigenvalue weighted by molar-refractivity contribution is 5.76. The van der Waals surface area contributed by atoms with Crippen molar-refractivity contribution in [1.29, 1.82) is 10.8 Å². The summed E-state index contributed by atoms with van der Waals surface area (Å²) >= 11 is 0. The summed E-state index contributed by atoms with van der Waals surface area (Å²) in [6.07, 6.45) is 1.28. The van der Waals surface area contributed by atoms with Gasteiger partial charge in [-0.3, -0.25) is 10.8 Å². The van der Waals surface area contributed by atoms with Crippen LogP contribution in [0, 0.1) is 10.8 Å².